The van der Waals surface area contributed by atoms with Crippen LogP contribution in [0.1, 0.15) is 5.69 Å². The maximum atomic E-state index is 13.0. The zero-order valence-corrected chi connectivity index (χ0v) is 12.2. The molecule has 3 aromatic rings. The zero-order chi connectivity index (χ0) is 12.5. The number of benzene rings is 1. The Morgan fingerprint density at radius 3 is 2.67 bits per heavy atom. The molecule has 0 aliphatic rings. The molecule has 18 heavy (non-hydrogen) atoms. The molecule has 0 N–H and O–H groups in total. The van der Waals surface area contributed by atoms with E-state index in [0.717, 1.165) is 31.5 Å². The van der Waals surface area contributed by atoms with Crippen LogP contribution in [-0.4, -0.2) is 9.97 Å². The topological polar surface area (TPSA) is 25.8 Å². The average Bonchev–Trinajstić information content (AvgIpc) is 2.83. The smallest absolute Gasteiger partial charge is 0.127 e. The molecule has 0 unspecified atom stereocenters. The van der Waals surface area contributed by atoms with E-state index in [4.69, 9.17) is 0 Å². The molecule has 2 nitrogen and oxygen atoms in total. The summed E-state index contributed by atoms with van der Waals surface area (Å²) in [4.78, 5) is 9.58. The molecule has 0 atom stereocenters. The second-order valence-corrected chi connectivity index (χ2v) is 5.41. The molecule has 0 radical (unpaired) electrons. The molecule has 0 amide bonds. The lowest BCUT2D eigenvalue weighted by molar-refractivity contribution is 0.628. The Balaban J connectivity index is 2.26. The molecule has 2 aromatic heterocycles. The Kier molecular flexibility index (Phi) is 3.25. The molecular weight excluding hydrogens is 362 g/mol. The monoisotopic (exact) mass is 370 g/mol. The van der Waals surface area contributed by atoms with Crippen molar-refractivity contribution in [3.05, 3.63) is 47.5 Å². The highest BCUT2D eigenvalue weighted by Crippen LogP contribution is 2.34. The van der Waals surface area contributed by atoms with E-state index >= 15 is 0 Å². The molecule has 0 saturated heterocycles. The van der Waals surface area contributed by atoms with Gasteiger partial charge in [0.1, 0.15) is 17.0 Å². The van der Waals surface area contributed by atoms with Crippen molar-refractivity contribution in [3.8, 4) is 11.1 Å². The maximum absolute atomic E-state index is 13.0. The minimum atomic E-state index is -0.219. The highest BCUT2D eigenvalue weighted by molar-refractivity contribution is 14.1. The van der Waals surface area contributed by atoms with Crippen LogP contribution in [0.15, 0.2) is 36.0 Å². The normalized spacial score (nSPS) is 11.0. The van der Waals surface area contributed by atoms with Crippen LogP contribution < -0.4 is 0 Å². The molecule has 0 saturated carbocycles. The van der Waals surface area contributed by atoms with Crippen molar-refractivity contribution < 1.29 is 4.39 Å². The third-order valence-electron chi connectivity index (χ3n) is 2.73. The van der Waals surface area contributed by atoms with Crippen LogP contribution in [-0.2, 0) is 4.43 Å². The Bertz CT molecular complexity index is 694. The summed E-state index contributed by atoms with van der Waals surface area (Å²) < 4.78 is 13.8. The lowest BCUT2D eigenvalue weighted by Crippen LogP contribution is -1.88. The first-order chi connectivity index (χ1) is 8.79. The molecular formula is C13H8FIN2S. The summed E-state index contributed by atoms with van der Waals surface area (Å²) in [5, 5.41) is 3.14. The van der Waals surface area contributed by atoms with Gasteiger partial charge < -0.3 is 0 Å². The number of rotatable bonds is 2. The van der Waals surface area contributed by atoms with E-state index < -0.39 is 0 Å². The Morgan fingerprint density at radius 1 is 1.17 bits per heavy atom. The molecule has 2 heterocycles. The van der Waals surface area contributed by atoms with Gasteiger partial charge in [-0.1, -0.05) is 34.7 Å². The predicted octanol–water partition coefficient (Wildman–Crippen LogP) is 4.43. The predicted molar refractivity (Wildman–Crippen MR) is 80.5 cm³/mol. The highest BCUT2D eigenvalue weighted by Gasteiger charge is 2.12. The third-order valence-corrected chi connectivity index (χ3v) is 4.34. The van der Waals surface area contributed by atoms with Gasteiger partial charge >= 0.3 is 0 Å². The van der Waals surface area contributed by atoms with Gasteiger partial charge in [-0.2, -0.15) is 0 Å². The number of hydrogen-bond acceptors (Lipinski definition) is 3. The number of thiophene rings is 1. The number of fused-ring (bicyclic) bond motifs is 1. The van der Waals surface area contributed by atoms with Gasteiger partial charge in [-0.05, 0) is 17.7 Å². The van der Waals surface area contributed by atoms with Crippen molar-refractivity contribution in [2.75, 3.05) is 0 Å². The summed E-state index contributed by atoms with van der Waals surface area (Å²) in [5.41, 5.74) is 3.12. The van der Waals surface area contributed by atoms with Crippen molar-refractivity contribution in [2.45, 2.75) is 4.43 Å². The first kappa shape index (κ1) is 12.0. The summed E-state index contributed by atoms with van der Waals surface area (Å²) in [6, 6.07) is 6.54. The SMILES string of the molecule is Fc1ccc(-c2csc3ncnc(CI)c23)cc1. The lowest BCUT2D eigenvalue weighted by Gasteiger charge is -2.02. The van der Waals surface area contributed by atoms with Gasteiger partial charge in [-0.25, -0.2) is 14.4 Å². The van der Waals surface area contributed by atoms with Gasteiger partial charge in [-0.15, -0.1) is 11.3 Å². The summed E-state index contributed by atoms with van der Waals surface area (Å²) in [7, 11) is 0. The molecule has 0 bridgehead atoms. The second kappa shape index (κ2) is 4.89. The van der Waals surface area contributed by atoms with Crippen molar-refractivity contribution in [1.82, 2.24) is 9.97 Å². The third kappa shape index (κ3) is 2.01. The maximum Gasteiger partial charge on any atom is 0.127 e. The molecule has 5 heteroatoms. The number of halogens is 2. The first-order valence-corrected chi connectivity index (χ1v) is 7.73. The largest absolute Gasteiger partial charge is 0.240 e. The Labute approximate surface area is 121 Å². The van der Waals surface area contributed by atoms with Crippen molar-refractivity contribution in [2.24, 2.45) is 0 Å². The van der Waals surface area contributed by atoms with Crippen LogP contribution in [0, 0.1) is 5.82 Å². The fraction of sp³-hybridized carbons (Fsp3) is 0.0769. The van der Waals surface area contributed by atoms with Crippen LogP contribution in [0.2, 0.25) is 0 Å². The van der Waals surface area contributed by atoms with Crippen molar-refractivity contribution >= 4 is 44.1 Å². The van der Waals surface area contributed by atoms with E-state index in [1.54, 1.807) is 29.8 Å². The van der Waals surface area contributed by atoms with Crippen molar-refractivity contribution in [1.29, 1.82) is 0 Å². The quantitative estimate of drug-likeness (QED) is 0.493. The van der Waals surface area contributed by atoms with E-state index in [-0.39, 0.29) is 5.82 Å². The molecule has 0 aliphatic heterocycles. The number of aromatic nitrogens is 2. The second-order valence-electron chi connectivity index (χ2n) is 3.79. The van der Waals surface area contributed by atoms with Crippen LogP contribution >= 0.6 is 33.9 Å². The van der Waals surface area contributed by atoms with Crippen LogP contribution in [0.4, 0.5) is 4.39 Å². The van der Waals surface area contributed by atoms with Crippen molar-refractivity contribution in [3.63, 3.8) is 0 Å². The Hall–Kier alpha value is -1.08. The summed E-state index contributed by atoms with van der Waals surface area (Å²) in [6.07, 6.45) is 1.60. The van der Waals surface area contributed by atoms with Gasteiger partial charge in [0.05, 0.1) is 5.69 Å². The lowest BCUT2D eigenvalue weighted by atomic mass is 10.1. The Morgan fingerprint density at radius 2 is 1.94 bits per heavy atom. The molecule has 0 aliphatic carbocycles. The number of nitrogens with zero attached hydrogens (tertiary/aromatic N) is 2. The van der Waals surface area contributed by atoms with E-state index in [9.17, 15) is 4.39 Å². The standard InChI is InChI=1S/C13H8FIN2S/c14-9-3-1-8(2-4-9)10-6-18-13-12(10)11(5-15)16-7-17-13/h1-4,6-7H,5H2. The van der Waals surface area contributed by atoms with Gasteiger partial charge in [0, 0.05) is 20.8 Å². The van der Waals surface area contributed by atoms with Gasteiger partial charge in [0.2, 0.25) is 0 Å². The van der Waals surface area contributed by atoms with E-state index in [2.05, 4.69) is 37.9 Å². The summed E-state index contributed by atoms with van der Waals surface area (Å²) in [6.45, 7) is 0. The molecule has 0 spiro atoms. The van der Waals surface area contributed by atoms with E-state index in [0.29, 0.717) is 0 Å². The van der Waals surface area contributed by atoms with Crippen LogP contribution in [0.25, 0.3) is 21.3 Å². The van der Waals surface area contributed by atoms with Crippen LogP contribution in [0.5, 0.6) is 0 Å². The summed E-state index contributed by atoms with van der Waals surface area (Å²) >= 11 is 3.89. The highest BCUT2D eigenvalue weighted by atomic mass is 127. The van der Waals surface area contributed by atoms with E-state index in [1.807, 2.05) is 0 Å². The number of hydrogen-bond donors (Lipinski definition) is 0. The molecule has 0 fully saturated rings. The number of alkyl halides is 1. The molecule has 1 aromatic carbocycles. The van der Waals surface area contributed by atoms with Gasteiger partial charge in [0.15, 0.2) is 0 Å². The minimum absolute atomic E-state index is 0.219. The fourth-order valence-corrected chi connectivity index (χ4v) is 3.40. The van der Waals surface area contributed by atoms with E-state index in [1.165, 1.54) is 12.1 Å². The van der Waals surface area contributed by atoms with Gasteiger partial charge in [-0.3, -0.25) is 0 Å². The van der Waals surface area contributed by atoms with Crippen LogP contribution in [0.3, 0.4) is 0 Å². The molecule has 90 valence electrons. The average molecular weight is 370 g/mol. The fourth-order valence-electron chi connectivity index (χ4n) is 1.88. The minimum Gasteiger partial charge on any atom is -0.240 e. The first-order valence-electron chi connectivity index (χ1n) is 5.32. The summed E-state index contributed by atoms with van der Waals surface area (Å²) in [5.74, 6) is -0.219. The van der Waals surface area contributed by atoms with Gasteiger partial charge in [0.25, 0.3) is 0 Å². The molecule has 3 rings (SSSR count). The zero-order valence-electron chi connectivity index (χ0n) is 9.23.